The molecule has 0 aliphatic heterocycles. The summed E-state index contributed by atoms with van der Waals surface area (Å²) in [5, 5.41) is 5.38. The Hall–Kier alpha value is -2.88. The van der Waals surface area contributed by atoms with Crippen LogP contribution < -0.4 is 10.6 Å². The average Bonchev–Trinajstić information content (AvgIpc) is 2.55. The van der Waals surface area contributed by atoms with E-state index < -0.39 is 0 Å². The van der Waals surface area contributed by atoms with Gasteiger partial charge in [-0.15, -0.1) is 0 Å². The molecule has 2 N–H and O–H groups in total. The van der Waals surface area contributed by atoms with E-state index in [9.17, 15) is 9.59 Å². The highest BCUT2D eigenvalue weighted by molar-refractivity contribution is 6.08. The second-order valence-electron chi connectivity index (χ2n) is 5.15. The largest absolute Gasteiger partial charge is 0.322 e. The standard InChI is InChI=1S/C19H20N2O2/c1-3-15-9-11-17(12-10-15)21-19(23)18(20-14(2)22)13-16-7-5-4-6-8-16/h4-13H,3H2,1-2H3,(H,20,22)(H,21,23)/b18-13-. The molecular weight excluding hydrogens is 288 g/mol. The lowest BCUT2D eigenvalue weighted by atomic mass is 10.1. The van der Waals surface area contributed by atoms with Gasteiger partial charge in [0.1, 0.15) is 5.70 Å². The molecule has 0 aliphatic rings. The molecule has 4 heteroatoms. The zero-order chi connectivity index (χ0) is 16.7. The molecule has 0 spiro atoms. The van der Waals surface area contributed by atoms with Crippen LogP contribution in [0, 0.1) is 0 Å². The Kier molecular flexibility index (Phi) is 5.69. The zero-order valence-corrected chi connectivity index (χ0v) is 13.3. The van der Waals surface area contributed by atoms with Crippen LogP contribution >= 0.6 is 0 Å². The van der Waals surface area contributed by atoms with E-state index in [1.165, 1.54) is 12.5 Å². The van der Waals surface area contributed by atoms with Gasteiger partial charge in [0.05, 0.1) is 0 Å². The number of anilines is 1. The first kappa shape index (κ1) is 16.5. The Balaban J connectivity index is 2.19. The molecule has 0 unspecified atom stereocenters. The van der Waals surface area contributed by atoms with Gasteiger partial charge in [-0.25, -0.2) is 0 Å². The van der Waals surface area contributed by atoms with Gasteiger partial charge < -0.3 is 10.6 Å². The van der Waals surface area contributed by atoms with E-state index in [1.807, 2.05) is 54.6 Å². The predicted octanol–water partition coefficient (Wildman–Crippen LogP) is 3.36. The van der Waals surface area contributed by atoms with Crippen molar-refractivity contribution in [1.82, 2.24) is 5.32 Å². The molecule has 0 heterocycles. The fraction of sp³-hybridized carbons (Fsp3) is 0.158. The fourth-order valence-electron chi connectivity index (χ4n) is 2.09. The Morgan fingerprint density at radius 1 is 1.00 bits per heavy atom. The molecule has 0 saturated carbocycles. The Morgan fingerprint density at radius 2 is 1.65 bits per heavy atom. The maximum absolute atomic E-state index is 12.4. The van der Waals surface area contributed by atoms with Crippen molar-refractivity contribution in [1.29, 1.82) is 0 Å². The Labute approximate surface area is 136 Å². The van der Waals surface area contributed by atoms with Crippen LogP contribution in [0.5, 0.6) is 0 Å². The van der Waals surface area contributed by atoms with Crippen LogP contribution in [-0.2, 0) is 16.0 Å². The number of amides is 2. The van der Waals surface area contributed by atoms with Gasteiger partial charge in [-0.1, -0.05) is 49.4 Å². The van der Waals surface area contributed by atoms with Crippen molar-refractivity contribution < 1.29 is 9.59 Å². The lowest BCUT2D eigenvalue weighted by Gasteiger charge is -2.10. The lowest BCUT2D eigenvalue weighted by molar-refractivity contribution is -0.120. The average molecular weight is 308 g/mol. The molecular formula is C19H20N2O2. The SMILES string of the molecule is CCc1ccc(NC(=O)/C(=C/c2ccccc2)NC(C)=O)cc1. The first-order valence-corrected chi connectivity index (χ1v) is 7.53. The van der Waals surface area contributed by atoms with Crippen LogP contribution in [0.4, 0.5) is 5.69 Å². The Morgan fingerprint density at radius 3 is 2.22 bits per heavy atom. The van der Waals surface area contributed by atoms with Gasteiger partial charge in [0.15, 0.2) is 0 Å². The number of carbonyl (C=O) groups excluding carboxylic acids is 2. The highest BCUT2D eigenvalue weighted by atomic mass is 16.2. The number of aryl methyl sites for hydroxylation is 1. The molecule has 0 radical (unpaired) electrons. The highest BCUT2D eigenvalue weighted by Crippen LogP contribution is 2.12. The third-order valence-corrected chi connectivity index (χ3v) is 3.29. The van der Waals surface area contributed by atoms with Gasteiger partial charge in [0.25, 0.3) is 5.91 Å². The lowest BCUT2D eigenvalue weighted by Crippen LogP contribution is -2.28. The minimum absolute atomic E-state index is 0.211. The molecule has 2 rings (SSSR count). The summed E-state index contributed by atoms with van der Waals surface area (Å²) < 4.78 is 0. The van der Waals surface area contributed by atoms with Crippen molar-refractivity contribution >= 4 is 23.6 Å². The summed E-state index contributed by atoms with van der Waals surface area (Å²) in [6, 6.07) is 17.0. The molecule has 0 saturated heterocycles. The summed E-state index contributed by atoms with van der Waals surface area (Å²) in [6.45, 7) is 3.45. The third-order valence-electron chi connectivity index (χ3n) is 3.29. The summed E-state index contributed by atoms with van der Waals surface area (Å²) in [7, 11) is 0. The number of benzene rings is 2. The smallest absolute Gasteiger partial charge is 0.272 e. The van der Waals surface area contributed by atoms with Crippen LogP contribution in [0.15, 0.2) is 60.3 Å². The number of hydrogen-bond donors (Lipinski definition) is 2. The van der Waals surface area contributed by atoms with E-state index in [2.05, 4.69) is 17.6 Å². The molecule has 0 aliphatic carbocycles. The normalized spacial score (nSPS) is 11.0. The molecule has 0 fully saturated rings. The van der Waals surface area contributed by atoms with E-state index in [1.54, 1.807) is 6.08 Å². The minimum atomic E-state index is -0.353. The maximum Gasteiger partial charge on any atom is 0.272 e. The van der Waals surface area contributed by atoms with Crippen LogP contribution in [0.2, 0.25) is 0 Å². The van der Waals surface area contributed by atoms with Gasteiger partial charge in [0.2, 0.25) is 5.91 Å². The van der Waals surface area contributed by atoms with Crippen LogP contribution in [0.3, 0.4) is 0 Å². The van der Waals surface area contributed by atoms with Crippen molar-refractivity contribution in [2.24, 2.45) is 0 Å². The molecule has 23 heavy (non-hydrogen) atoms. The quantitative estimate of drug-likeness (QED) is 0.832. The van der Waals surface area contributed by atoms with Gasteiger partial charge in [-0.3, -0.25) is 9.59 Å². The van der Waals surface area contributed by atoms with Crippen molar-refractivity contribution in [3.8, 4) is 0 Å². The summed E-state index contributed by atoms with van der Waals surface area (Å²) in [5.74, 6) is -0.642. The number of carbonyl (C=O) groups is 2. The zero-order valence-electron chi connectivity index (χ0n) is 13.3. The van der Waals surface area contributed by atoms with Gasteiger partial charge >= 0.3 is 0 Å². The maximum atomic E-state index is 12.4. The number of nitrogens with one attached hydrogen (secondary N) is 2. The molecule has 118 valence electrons. The second-order valence-corrected chi connectivity index (χ2v) is 5.15. The van der Waals surface area contributed by atoms with Crippen molar-refractivity contribution in [2.45, 2.75) is 20.3 Å². The monoisotopic (exact) mass is 308 g/mol. The van der Waals surface area contributed by atoms with Gasteiger partial charge in [0, 0.05) is 12.6 Å². The predicted molar refractivity (Wildman–Crippen MR) is 92.7 cm³/mol. The van der Waals surface area contributed by atoms with Crippen molar-refractivity contribution in [3.05, 3.63) is 71.4 Å². The first-order chi connectivity index (χ1) is 11.1. The minimum Gasteiger partial charge on any atom is -0.322 e. The molecule has 0 bridgehead atoms. The van der Waals surface area contributed by atoms with Crippen LogP contribution in [0.1, 0.15) is 25.0 Å². The van der Waals surface area contributed by atoms with E-state index in [0.717, 1.165) is 12.0 Å². The topological polar surface area (TPSA) is 58.2 Å². The molecule has 2 amide bonds. The summed E-state index contributed by atoms with van der Waals surface area (Å²) in [5.41, 5.74) is 2.94. The summed E-state index contributed by atoms with van der Waals surface area (Å²) in [4.78, 5) is 23.8. The number of hydrogen-bond acceptors (Lipinski definition) is 2. The van der Waals surface area contributed by atoms with Crippen LogP contribution in [0.25, 0.3) is 6.08 Å². The summed E-state index contributed by atoms with van der Waals surface area (Å²) in [6.07, 6.45) is 2.59. The van der Waals surface area contributed by atoms with Crippen LogP contribution in [-0.4, -0.2) is 11.8 Å². The second kappa shape index (κ2) is 7.94. The molecule has 0 atom stereocenters. The number of rotatable bonds is 5. The fourth-order valence-corrected chi connectivity index (χ4v) is 2.09. The van der Waals surface area contributed by atoms with E-state index in [0.29, 0.717) is 5.69 Å². The van der Waals surface area contributed by atoms with Crippen molar-refractivity contribution in [2.75, 3.05) is 5.32 Å². The summed E-state index contributed by atoms with van der Waals surface area (Å²) >= 11 is 0. The van der Waals surface area contributed by atoms with E-state index in [-0.39, 0.29) is 17.5 Å². The Bertz CT molecular complexity index is 704. The molecule has 4 nitrogen and oxygen atoms in total. The third kappa shape index (κ3) is 5.11. The highest BCUT2D eigenvalue weighted by Gasteiger charge is 2.11. The molecule has 2 aromatic carbocycles. The van der Waals surface area contributed by atoms with Gasteiger partial charge in [-0.2, -0.15) is 0 Å². The van der Waals surface area contributed by atoms with Gasteiger partial charge in [-0.05, 0) is 35.8 Å². The van der Waals surface area contributed by atoms with E-state index in [4.69, 9.17) is 0 Å². The van der Waals surface area contributed by atoms with Crippen molar-refractivity contribution in [3.63, 3.8) is 0 Å². The first-order valence-electron chi connectivity index (χ1n) is 7.53. The molecule has 2 aromatic rings. The van der Waals surface area contributed by atoms with E-state index >= 15 is 0 Å². The molecule has 0 aromatic heterocycles.